The maximum absolute atomic E-state index is 12.1. The summed E-state index contributed by atoms with van der Waals surface area (Å²) in [5, 5.41) is 3.80. The molecule has 2 heterocycles. The van der Waals surface area contributed by atoms with Crippen molar-refractivity contribution in [3.8, 4) is 0 Å². The SMILES string of the molecule is CC.CC1=C2CC3C(CCC4=CC(=O)CCC43C)C2CCC2(C1)OC1CCCNC1C2C. The van der Waals surface area contributed by atoms with Gasteiger partial charge >= 0.3 is 0 Å². The molecule has 0 amide bonds. The number of fused-ring (bicyclic) bond motifs is 6. The van der Waals surface area contributed by atoms with E-state index in [1.54, 1.807) is 11.1 Å². The van der Waals surface area contributed by atoms with Gasteiger partial charge in [-0.05, 0) is 101 Å². The molecule has 0 radical (unpaired) electrons. The first-order valence-electron chi connectivity index (χ1n) is 13.7. The molecule has 0 aromatic heterocycles. The third-order valence-electron chi connectivity index (χ3n) is 10.6. The lowest BCUT2D eigenvalue weighted by molar-refractivity contribution is -0.116. The third kappa shape index (κ3) is 3.32. The van der Waals surface area contributed by atoms with Gasteiger partial charge in [-0.1, -0.05) is 44.4 Å². The minimum atomic E-state index is 0.0600. The minimum Gasteiger partial charge on any atom is -0.369 e. The summed E-state index contributed by atoms with van der Waals surface area (Å²) in [4.78, 5) is 12.1. The summed E-state index contributed by atoms with van der Waals surface area (Å²) in [6.45, 7) is 12.5. The van der Waals surface area contributed by atoms with Crippen molar-refractivity contribution in [1.82, 2.24) is 5.32 Å². The van der Waals surface area contributed by atoms with Crippen molar-refractivity contribution >= 4 is 5.78 Å². The van der Waals surface area contributed by atoms with Gasteiger partial charge < -0.3 is 10.1 Å². The first kappa shape index (κ1) is 22.8. The van der Waals surface area contributed by atoms with Crippen molar-refractivity contribution in [2.24, 2.45) is 29.1 Å². The van der Waals surface area contributed by atoms with E-state index < -0.39 is 0 Å². The lowest BCUT2D eigenvalue weighted by Crippen LogP contribution is -2.46. The molecule has 1 spiro atoms. The summed E-state index contributed by atoms with van der Waals surface area (Å²) in [6.07, 6.45) is 14.2. The fourth-order valence-corrected chi connectivity index (χ4v) is 8.93. The van der Waals surface area contributed by atoms with E-state index in [0.29, 0.717) is 23.8 Å². The Hall–Kier alpha value is -0.930. The number of nitrogens with one attached hydrogen (secondary N) is 1. The van der Waals surface area contributed by atoms with Gasteiger partial charge in [0.1, 0.15) is 0 Å². The van der Waals surface area contributed by atoms with Crippen LogP contribution >= 0.6 is 0 Å². The standard InChI is InChI=1S/C27H39NO2.C2H6/c1-16-15-27(17(2)25-24(30-27)5-4-12-28-25)11-9-20-21-7-6-18-13-19(29)8-10-26(18,3)23(21)14-22(16)20;1-2/h13,17,20-21,23-25,28H,4-12,14-15H2,1-3H3;1-2H3. The van der Waals surface area contributed by atoms with Crippen LogP contribution in [0.2, 0.25) is 0 Å². The van der Waals surface area contributed by atoms with Gasteiger partial charge in [0, 0.05) is 18.4 Å². The average Bonchev–Trinajstić information content (AvgIpc) is 3.26. The summed E-state index contributed by atoms with van der Waals surface area (Å²) in [5.41, 5.74) is 5.25. The largest absolute Gasteiger partial charge is 0.369 e. The second-order valence-electron chi connectivity index (χ2n) is 11.8. The van der Waals surface area contributed by atoms with Crippen molar-refractivity contribution in [3.05, 3.63) is 22.8 Å². The first-order chi connectivity index (χ1) is 15.4. The van der Waals surface area contributed by atoms with Crippen molar-refractivity contribution in [1.29, 1.82) is 0 Å². The van der Waals surface area contributed by atoms with Gasteiger partial charge in [0.15, 0.2) is 5.78 Å². The molecule has 32 heavy (non-hydrogen) atoms. The van der Waals surface area contributed by atoms with Crippen LogP contribution in [-0.4, -0.2) is 30.1 Å². The number of piperidine rings is 1. The van der Waals surface area contributed by atoms with E-state index in [-0.39, 0.29) is 11.0 Å². The maximum Gasteiger partial charge on any atom is 0.155 e. The highest BCUT2D eigenvalue weighted by molar-refractivity contribution is 5.91. The Morgan fingerprint density at radius 2 is 1.94 bits per heavy atom. The molecule has 8 unspecified atom stereocenters. The number of carbonyl (C=O) groups excluding carboxylic acids is 1. The van der Waals surface area contributed by atoms with Crippen molar-refractivity contribution < 1.29 is 9.53 Å². The number of allylic oxidation sites excluding steroid dienone is 3. The predicted molar refractivity (Wildman–Crippen MR) is 130 cm³/mol. The summed E-state index contributed by atoms with van der Waals surface area (Å²) < 4.78 is 6.93. The Kier molecular flexibility index (Phi) is 5.98. The molecule has 0 aromatic rings. The molecular formula is C29H45NO2. The average molecular weight is 440 g/mol. The molecule has 0 bridgehead atoms. The number of carbonyl (C=O) groups is 1. The van der Waals surface area contributed by atoms with E-state index in [1.165, 1.54) is 44.1 Å². The van der Waals surface area contributed by atoms with Crippen LogP contribution in [0.25, 0.3) is 0 Å². The highest BCUT2D eigenvalue weighted by Crippen LogP contribution is 2.64. The molecule has 2 aliphatic heterocycles. The molecule has 178 valence electrons. The molecule has 6 rings (SSSR count). The quantitative estimate of drug-likeness (QED) is 0.445. The molecule has 6 aliphatic rings. The first-order valence-corrected chi connectivity index (χ1v) is 13.7. The van der Waals surface area contributed by atoms with Crippen molar-refractivity contribution in [3.63, 3.8) is 0 Å². The molecule has 0 aromatic carbocycles. The van der Waals surface area contributed by atoms with Gasteiger partial charge in [0.05, 0.1) is 11.7 Å². The molecule has 2 saturated heterocycles. The van der Waals surface area contributed by atoms with Crippen LogP contribution in [0, 0.1) is 29.1 Å². The number of rotatable bonds is 0. The molecule has 8 atom stereocenters. The highest BCUT2D eigenvalue weighted by Gasteiger charge is 2.57. The summed E-state index contributed by atoms with van der Waals surface area (Å²) in [7, 11) is 0. The summed E-state index contributed by atoms with van der Waals surface area (Å²) in [5.74, 6) is 3.30. The van der Waals surface area contributed by atoms with Crippen LogP contribution in [0.1, 0.15) is 98.8 Å². The zero-order valence-electron chi connectivity index (χ0n) is 21.1. The van der Waals surface area contributed by atoms with Gasteiger partial charge in [0.2, 0.25) is 0 Å². The van der Waals surface area contributed by atoms with E-state index in [1.807, 2.05) is 19.9 Å². The van der Waals surface area contributed by atoms with Gasteiger partial charge in [-0.3, -0.25) is 4.79 Å². The Morgan fingerprint density at radius 1 is 1.12 bits per heavy atom. The number of hydrogen-bond donors (Lipinski definition) is 1. The molecule has 3 nitrogen and oxygen atoms in total. The number of ketones is 1. The highest BCUT2D eigenvalue weighted by atomic mass is 16.5. The van der Waals surface area contributed by atoms with Gasteiger partial charge in [-0.15, -0.1) is 0 Å². The topological polar surface area (TPSA) is 38.3 Å². The molecule has 2 saturated carbocycles. The van der Waals surface area contributed by atoms with E-state index in [0.717, 1.165) is 50.0 Å². The lowest BCUT2D eigenvalue weighted by atomic mass is 9.56. The monoisotopic (exact) mass is 439 g/mol. The fourth-order valence-electron chi connectivity index (χ4n) is 8.93. The third-order valence-corrected chi connectivity index (χ3v) is 10.6. The van der Waals surface area contributed by atoms with Gasteiger partial charge in [-0.25, -0.2) is 0 Å². The Balaban J connectivity index is 0.00000105. The molecule has 1 N–H and O–H groups in total. The van der Waals surface area contributed by atoms with E-state index in [4.69, 9.17) is 4.74 Å². The van der Waals surface area contributed by atoms with Crippen molar-refractivity contribution in [2.75, 3.05) is 6.54 Å². The minimum absolute atomic E-state index is 0.0600. The zero-order valence-corrected chi connectivity index (χ0v) is 21.1. The van der Waals surface area contributed by atoms with Crippen LogP contribution in [0.3, 0.4) is 0 Å². The number of hydrogen-bond acceptors (Lipinski definition) is 3. The van der Waals surface area contributed by atoms with Crippen LogP contribution in [0.5, 0.6) is 0 Å². The Morgan fingerprint density at radius 3 is 2.72 bits per heavy atom. The number of ether oxygens (including phenoxy) is 1. The maximum atomic E-state index is 12.1. The second kappa shape index (κ2) is 8.38. The van der Waals surface area contributed by atoms with E-state index >= 15 is 0 Å². The van der Waals surface area contributed by atoms with Crippen molar-refractivity contribution in [2.45, 2.75) is 117 Å². The summed E-state index contributed by atoms with van der Waals surface area (Å²) in [6, 6.07) is 0.559. The zero-order chi connectivity index (χ0) is 22.7. The van der Waals surface area contributed by atoms with E-state index in [2.05, 4.69) is 26.1 Å². The van der Waals surface area contributed by atoms with Crippen LogP contribution in [-0.2, 0) is 9.53 Å². The predicted octanol–water partition coefficient (Wildman–Crippen LogP) is 6.38. The van der Waals surface area contributed by atoms with Gasteiger partial charge in [-0.2, -0.15) is 0 Å². The van der Waals surface area contributed by atoms with Crippen LogP contribution < -0.4 is 5.32 Å². The van der Waals surface area contributed by atoms with Crippen LogP contribution in [0.4, 0.5) is 0 Å². The lowest BCUT2D eigenvalue weighted by Gasteiger charge is -2.48. The second-order valence-corrected chi connectivity index (χ2v) is 11.8. The normalized spacial score (nSPS) is 47.5. The van der Waals surface area contributed by atoms with Gasteiger partial charge in [0.25, 0.3) is 0 Å². The Bertz CT molecular complexity index is 827. The molecule has 4 aliphatic carbocycles. The Labute approximate surface area is 195 Å². The summed E-state index contributed by atoms with van der Waals surface area (Å²) >= 11 is 0. The van der Waals surface area contributed by atoms with E-state index in [9.17, 15) is 4.79 Å². The smallest absolute Gasteiger partial charge is 0.155 e. The fraction of sp³-hybridized carbons (Fsp3) is 0.828. The molecule has 4 fully saturated rings. The molecular weight excluding hydrogens is 394 g/mol. The molecule has 3 heteroatoms. The van der Waals surface area contributed by atoms with Crippen LogP contribution in [0.15, 0.2) is 22.8 Å².